The summed E-state index contributed by atoms with van der Waals surface area (Å²) in [7, 11) is 4.57. The molecule has 1 atom stereocenters. The molecular weight excluding hydrogens is 558 g/mol. The van der Waals surface area contributed by atoms with Gasteiger partial charge in [-0.15, -0.1) is 11.3 Å². The van der Waals surface area contributed by atoms with Crippen molar-refractivity contribution in [1.29, 1.82) is 0 Å². The average molecular weight is 610 g/mol. The number of furan rings is 1. The Morgan fingerprint density at radius 1 is 1.15 bits per heavy atom. The molecule has 1 aliphatic carbocycles. The standard InChI is InChI=1S/C25H41N7O3S2.C4H10/c1-5-32(13-12-30(2)3)11-7-6-8-18-14-20(35-16-18)15-28-23(26)24(27)29-21-17-36-25(22(21)33)37(34)31(4)19-9-10-19;1-4(2)3/h14,16-17,19,33H,5-13,15H2,1-4H3,(H2,26,28)(H2,27,29);4H,1-3H3. The molecule has 0 bridgehead atoms. The molecule has 232 valence electrons. The van der Waals surface area contributed by atoms with Crippen molar-refractivity contribution in [3.63, 3.8) is 0 Å². The zero-order valence-electron chi connectivity index (χ0n) is 25.9. The third-order valence-electron chi connectivity index (χ3n) is 6.31. The van der Waals surface area contributed by atoms with Crippen LogP contribution in [0.15, 0.2) is 36.3 Å². The van der Waals surface area contributed by atoms with Crippen molar-refractivity contribution in [3.05, 3.63) is 29.0 Å². The topological polar surface area (TPSA) is 137 Å². The van der Waals surface area contributed by atoms with Gasteiger partial charge in [-0.2, -0.15) is 0 Å². The zero-order chi connectivity index (χ0) is 30.5. The molecule has 2 heterocycles. The van der Waals surface area contributed by atoms with Crippen molar-refractivity contribution in [1.82, 2.24) is 14.1 Å². The van der Waals surface area contributed by atoms with Crippen LogP contribution in [0.2, 0.25) is 0 Å². The molecule has 0 aliphatic heterocycles. The number of hydrogen-bond acceptors (Lipinski definition) is 8. The number of likely N-dealkylation sites (N-methyl/N-ethyl adjacent to an activating group) is 2. The van der Waals surface area contributed by atoms with Gasteiger partial charge in [0.15, 0.2) is 21.6 Å². The number of unbranched alkanes of at least 4 members (excludes halogenated alkanes) is 1. The molecule has 41 heavy (non-hydrogen) atoms. The molecule has 0 saturated heterocycles. The molecule has 2 aromatic rings. The van der Waals surface area contributed by atoms with Crippen molar-refractivity contribution in [2.75, 3.05) is 47.3 Å². The van der Waals surface area contributed by atoms with Crippen molar-refractivity contribution in [2.24, 2.45) is 27.4 Å². The smallest absolute Gasteiger partial charge is 0.170 e. The third-order valence-corrected chi connectivity index (χ3v) is 9.11. The molecule has 0 amide bonds. The summed E-state index contributed by atoms with van der Waals surface area (Å²) in [5, 5.41) is 12.1. The number of aromatic hydroxyl groups is 1. The molecule has 0 spiro atoms. The molecule has 0 radical (unpaired) electrons. The van der Waals surface area contributed by atoms with E-state index in [4.69, 9.17) is 15.9 Å². The van der Waals surface area contributed by atoms with Crippen LogP contribution in [0, 0.1) is 5.92 Å². The Morgan fingerprint density at radius 3 is 2.44 bits per heavy atom. The van der Waals surface area contributed by atoms with Gasteiger partial charge in [0.1, 0.15) is 22.4 Å². The van der Waals surface area contributed by atoms with Crippen molar-refractivity contribution < 1.29 is 13.7 Å². The number of nitrogens with two attached hydrogens (primary N) is 2. The van der Waals surface area contributed by atoms with Gasteiger partial charge in [0.05, 0.1) is 12.8 Å². The second kappa shape index (κ2) is 17.6. The maximum absolute atomic E-state index is 12.7. The fraction of sp³-hybridized carbons (Fsp3) is 0.655. The summed E-state index contributed by atoms with van der Waals surface area (Å²) in [6, 6.07) is 2.30. The van der Waals surface area contributed by atoms with E-state index < -0.39 is 11.0 Å². The normalized spacial score (nSPS) is 15.2. The third kappa shape index (κ3) is 12.7. The molecule has 2 aromatic heterocycles. The average Bonchev–Trinajstić information content (AvgIpc) is 3.57. The largest absolute Gasteiger partial charge is 0.504 e. The van der Waals surface area contributed by atoms with E-state index in [2.05, 4.69) is 61.6 Å². The van der Waals surface area contributed by atoms with Crippen molar-refractivity contribution >= 4 is 39.7 Å². The molecule has 1 saturated carbocycles. The Kier molecular flexibility index (Phi) is 15.0. The van der Waals surface area contributed by atoms with Crippen LogP contribution >= 0.6 is 11.3 Å². The summed E-state index contributed by atoms with van der Waals surface area (Å²) in [5.74, 6) is 1.44. The number of hydrogen-bond donors (Lipinski definition) is 3. The van der Waals surface area contributed by atoms with Gasteiger partial charge in [-0.3, -0.25) is 4.99 Å². The summed E-state index contributed by atoms with van der Waals surface area (Å²) >= 11 is 1.18. The number of aryl methyl sites for hydroxylation is 1. The summed E-state index contributed by atoms with van der Waals surface area (Å²) in [6.45, 7) is 13.3. The Balaban J connectivity index is 0.00000138. The van der Waals surface area contributed by atoms with E-state index in [1.165, 1.54) is 11.3 Å². The molecule has 1 fully saturated rings. The molecular formula is C29H51N7O3S2. The first kappa shape index (κ1) is 34.9. The van der Waals surface area contributed by atoms with E-state index in [0.717, 1.165) is 69.8 Å². The Bertz CT molecular complexity index is 1140. The van der Waals surface area contributed by atoms with Crippen LogP contribution in [-0.4, -0.2) is 88.5 Å². The first-order chi connectivity index (χ1) is 19.4. The van der Waals surface area contributed by atoms with Gasteiger partial charge in [0, 0.05) is 31.6 Å². The Morgan fingerprint density at radius 2 is 1.83 bits per heavy atom. The maximum Gasteiger partial charge on any atom is 0.170 e. The minimum Gasteiger partial charge on any atom is -0.504 e. The fourth-order valence-corrected chi connectivity index (χ4v) is 6.18. The molecule has 12 heteroatoms. The molecule has 0 aromatic carbocycles. The van der Waals surface area contributed by atoms with Crippen LogP contribution in [0.1, 0.15) is 64.7 Å². The van der Waals surface area contributed by atoms with Gasteiger partial charge in [-0.25, -0.2) is 13.5 Å². The summed E-state index contributed by atoms with van der Waals surface area (Å²) in [4.78, 5) is 13.2. The quantitative estimate of drug-likeness (QED) is 0.153. The van der Waals surface area contributed by atoms with E-state index in [1.54, 1.807) is 23.0 Å². The molecule has 10 nitrogen and oxygen atoms in total. The number of thiophene rings is 1. The van der Waals surface area contributed by atoms with Crippen LogP contribution in [0.4, 0.5) is 5.69 Å². The molecule has 1 unspecified atom stereocenters. The highest BCUT2D eigenvalue weighted by atomic mass is 32.2. The predicted molar refractivity (Wildman–Crippen MR) is 173 cm³/mol. The van der Waals surface area contributed by atoms with Crippen LogP contribution in [0.25, 0.3) is 0 Å². The fourth-order valence-electron chi connectivity index (χ4n) is 3.74. The number of aliphatic imine (C=N–C) groups is 2. The minimum absolute atomic E-state index is 0.0116. The number of nitrogens with zero attached hydrogens (tertiary/aromatic N) is 5. The van der Waals surface area contributed by atoms with E-state index in [0.29, 0.717) is 16.0 Å². The van der Waals surface area contributed by atoms with Gasteiger partial charge < -0.3 is 30.8 Å². The van der Waals surface area contributed by atoms with Gasteiger partial charge in [-0.05, 0) is 76.8 Å². The second-order valence-electron chi connectivity index (χ2n) is 11.3. The van der Waals surface area contributed by atoms with Crippen LogP contribution in [0.3, 0.4) is 0 Å². The summed E-state index contributed by atoms with van der Waals surface area (Å²) in [6.07, 6.45) is 6.99. The van der Waals surface area contributed by atoms with Gasteiger partial charge in [0.2, 0.25) is 0 Å². The minimum atomic E-state index is -1.43. The molecule has 3 rings (SSSR count). The van der Waals surface area contributed by atoms with E-state index in [1.807, 2.05) is 6.07 Å². The summed E-state index contributed by atoms with van der Waals surface area (Å²) in [5.41, 5.74) is 13.4. The second-order valence-corrected chi connectivity index (χ2v) is 14.0. The summed E-state index contributed by atoms with van der Waals surface area (Å²) < 4.78 is 20.4. The highest BCUT2D eigenvalue weighted by Gasteiger charge is 2.32. The van der Waals surface area contributed by atoms with Crippen LogP contribution in [-0.2, 0) is 24.0 Å². The maximum atomic E-state index is 12.7. The van der Waals surface area contributed by atoms with Crippen molar-refractivity contribution in [2.45, 2.75) is 76.6 Å². The number of amidine groups is 2. The lowest BCUT2D eigenvalue weighted by Gasteiger charge is -2.22. The monoisotopic (exact) mass is 609 g/mol. The zero-order valence-corrected chi connectivity index (χ0v) is 27.6. The van der Waals surface area contributed by atoms with E-state index in [9.17, 15) is 9.32 Å². The highest BCUT2D eigenvalue weighted by molar-refractivity contribution is 7.85. The van der Waals surface area contributed by atoms with Gasteiger partial charge in [0.25, 0.3) is 0 Å². The lowest BCUT2D eigenvalue weighted by molar-refractivity contribution is 0.247. The lowest BCUT2D eigenvalue weighted by atomic mass is 10.1. The van der Waals surface area contributed by atoms with Crippen molar-refractivity contribution in [3.8, 4) is 5.75 Å². The predicted octanol–water partition coefficient (Wildman–Crippen LogP) is 4.58. The number of rotatable bonds is 15. The molecule has 5 N–H and O–H groups in total. The van der Waals surface area contributed by atoms with Crippen LogP contribution in [0.5, 0.6) is 5.75 Å². The van der Waals surface area contributed by atoms with Crippen LogP contribution < -0.4 is 11.5 Å². The van der Waals surface area contributed by atoms with Gasteiger partial charge in [-0.1, -0.05) is 27.7 Å². The highest BCUT2D eigenvalue weighted by Crippen LogP contribution is 2.41. The van der Waals surface area contributed by atoms with E-state index in [-0.39, 0.29) is 29.7 Å². The molecule has 1 aliphatic rings. The van der Waals surface area contributed by atoms with Gasteiger partial charge >= 0.3 is 0 Å². The Hall–Kier alpha value is -2.25. The lowest BCUT2D eigenvalue weighted by Crippen LogP contribution is -2.32. The van der Waals surface area contributed by atoms with E-state index >= 15 is 0 Å². The first-order valence-electron chi connectivity index (χ1n) is 14.5. The first-order valence-corrected chi connectivity index (χ1v) is 16.4. The Labute approximate surface area is 253 Å². The SMILES string of the molecule is CC(C)C.CCN(CCCCc1coc(CN=C(N)C(N)=Nc2csc(S(=O)N(C)C3CC3)c2O)c1)CCN(C)C.